The molecule has 0 saturated carbocycles. The summed E-state index contributed by atoms with van der Waals surface area (Å²) < 4.78 is 20.8. The lowest BCUT2D eigenvalue weighted by Crippen LogP contribution is -2.51. The van der Waals surface area contributed by atoms with Crippen LogP contribution in [0.2, 0.25) is 0 Å². The van der Waals surface area contributed by atoms with E-state index in [4.69, 9.17) is 4.74 Å². The summed E-state index contributed by atoms with van der Waals surface area (Å²) in [5.74, 6) is -0.547. The quantitative estimate of drug-likeness (QED) is 0.610. The highest BCUT2D eigenvalue weighted by molar-refractivity contribution is 5.93. The molecule has 170 valence electrons. The van der Waals surface area contributed by atoms with Gasteiger partial charge in [-0.25, -0.2) is 9.07 Å². The molecule has 0 N–H and O–H groups in total. The molecule has 0 bridgehead atoms. The van der Waals surface area contributed by atoms with Crippen molar-refractivity contribution in [1.82, 2.24) is 24.8 Å². The van der Waals surface area contributed by atoms with Crippen molar-refractivity contribution in [2.75, 3.05) is 26.2 Å². The van der Waals surface area contributed by atoms with Gasteiger partial charge in [0.15, 0.2) is 5.69 Å². The number of ether oxygens (including phenoxy) is 1. The molecule has 2 aliphatic heterocycles. The molecule has 2 amide bonds. The summed E-state index contributed by atoms with van der Waals surface area (Å²) in [4.78, 5) is 29.1. The van der Waals surface area contributed by atoms with Gasteiger partial charge in [0.05, 0.1) is 25.3 Å². The van der Waals surface area contributed by atoms with Gasteiger partial charge in [-0.3, -0.25) is 9.59 Å². The first-order valence-electron chi connectivity index (χ1n) is 11.0. The maximum absolute atomic E-state index is 13.1. The second-order valence-electron chi connectivity index (χ2n) is 8.25. The SMILES string of the molecule is O=C(Cc1ccc(F)cc1)N1CCN(C(=O)c2nnn3c2COC(c2ccccc2)C3)CC1. The smallest absolute Gasteiger partial charge is 0.276 e. The summed E-state index contributed by atoms with van der Waals surface area (Å²) in [5.41, 5.74) is 2.83. The van der Waals surface area contributed by atoms with Crippen LogP contribution in [0, 0.1) is 5.82 Å². The average Bonchev–Trinajstić information content (AvgIpc) is 3.29. The van der Waals surface area contributed by atoms with Crippen molar-refractivity contribution in [3.8, 4) is 0 Å². The van der Waals surface area contributed by atoms with Crippen LogP contribution in [-0.4, -0.2) is 62.8 Å². The Kier molecular flexibility index (Phi) is 5.87. The average molecular weight is 449 g/mol. The molecule has 0 radical (unpaired) electrons. The maximum atomic E-state index is 13.1. The zero-order valence-corrected chi connectivity index (χ0v) is 18.1. The topological polar surface area (TPSA) is 80.6 Å². The molecule has 1 unspecified atom stereocenters. The third-order valence-electron chi connectivity index (χ3n) is 6.16. The van der Waals surface area contributed by atoms with Gasteiger partial charge in [-0.1, -0.05) is 47.7 Å². The lowest BCUT2D eigenvalue weighted by molar-refractivity contribution is -0.131. The summed E-state index contributed by atoms with van der Waals surface area (Å²) in [6.45, 7) is 2.51. The van der Waals surface area contributed by atoms with Gasteiger partial charge < -0.3 is 14.5 Å². The Labute approximate surface area is 190 Å². The van der Waals surface area contributed by atoms with Gasteiger partial charge in [-0.05, 0) is 23.3 Å². The Hall–Kier alpha value is -3.59. The van der Waals surface area contributed by atoms with Crippen molar-refractivity contribution in [3.05, 3.63) is 82.9 Å². The number of amides is 2. The monoisotopic (exact) mass is 449 g/mol. The predicted octanol–water partition coefficient (Wildman–Crippen LogP) is 2.22. The second kappa shape index (κ2) is 9.11. The van der Waals surface area contributed by atoms with Crippen LogP contribution in [0.4, 0.5) is 4.39 Å². The summed E-state index contributed by atoms with van der Waals surface area (Å²) in [6, 6.07) is 15.8. The van der Waals surface area contributed by atoms with Crippen molar-refractivity contribution in [1.29, 1.82) is 0 Å². The molecule has 8 nitrogen and oxygen atoms in total. The number of rotatable bonds is 4. The second-order valence-corrected chi connectivity index (χ2v) is 8.25. The molecular formula is C24H24FN5O3. The first-order chi connectivity index (χ1) is 16.1. The Morgan fingerprint density at radius 2 is 1.67 bits per heavy atom. The van der Waals surface area contributed by atoms with Gasteiger partial charge in [-0.2, -0.15) is 0 Å². The van der Waals surface area contributed by atoms with Crippen LogP contribution >= 0.6 is 0 Å². The zero-order chi connectivity index (χ0) is 22.8. The number of fused-ring (bicyclic) bond motifs is 1. The minimum atomic E-state index is -0.324. The number of aromatic nitrogens is 3. The van der Waals surface area contributed by atoms with E-state index in [2.05, 4.69) is 10.3 Å². The Morgan fingerprint density at radius 3 is 2.39 bits per heavy atom. The maximum Gasteiger partial charge on any atom is 0.276 e. The number of piperazine rings is 1. The van der Waals surface area contributed by atoms with Crippen molar-refractivity contribution in [2.24, 2.45) is 0 Å². The molecule has 3 heterocycles. The number of benzene rings is 2. The zero-order valence-electron chi connectivity index (χ0n) is 18.1. The molecule has 5 rings (SSSR count). The van der Waals surface area contributed by atoms with Crippen molar-refractivity contribution in [3.63, 3.8) is 0 Å². The fraction of sp³-hybridized carbons (Fsp3) is 0.333. The van der Waals surface area contributed by atoms with Gasteiger partial charge in [0, 0.05) is 26.2 Å². The third-order valence-corrected chi connectivity index (χ3v) is 6.16. The van der Waals surface area contributed by atoms with Crippen molar-refractivity contribution in [2.45, 2.75) is 25.7 Å². The molecule has 0 spiro atoms. The van der Waals surface area contributed by atoms with Crippen LogP contribution in [0.5, 0.6) is 0 Å². The van der Waals surface area contributed by atoms with E-state index in [1.54, 1.807) is 26.6 Å². The van der Waals surface area contributed by atoms with Crippen LogP contribution in [0.1, 0.15) is 33.4 Å². The normalized spacial score (nSPS) is 18.2. The minimum absolute atomic E-state index is 0.0323. The Morgan fingerprint density at radius 1 is 0.970 bits per heavy atom. The van der Waals surface area contributed by atoms with E-state index in [1.165, 1.54) is 12.1 Å². The van der Waals surface area contributed by atoms with Gasteiger partial charge in [-0.15, -0.1) is 5.10 Å². The van der Waals surface area contributed by atoms with E-state index in [-0.39, 0.29) is 36.8 Å². The fourth-order valence-corrected chi connectivity index (χ4v) is 4.24. The Bertz CT molecular complexity index is 1140. The minimum Gasteiger partial charge on any atom is -0.365 e. The van der Waals surface area contributed by atoms with Crippen molar-refractivity contribution < 1.29 is 18.7 Å². The molecular weight excluding hydrogens is 425 g/mol. The molecule has 33 heavy (non-hydrogen) atoms. The Balaban J connectivity index is 1.18. The van der Waals surface area contributed by atoms with Gasteiger partial charge in [0.25, 0.3) is 5.91 Å². The summed E-state index contributed by atoms with van der Waals surface area (Å²) >= 11 is 0. The van der Waals surface area contributed by atoms with Crippen LogP contribution in [0.15, 0.2) is 54.6 Å². The summed E-state index contributed by atoms with van der Waals surface area (Å²) in [6.07, 6.45) is 0.0890. The van der Waals surface area contributed by atoms with E-state index in [1.807, 2.05) is 30.3 Å². The van der Waals surface area contributed by atoms with E-state index >= 15 is 0 Å². The van der Waals surface area contributed by atoms with Crippen LogP contribution in [0.25, 0.3) is 0 Å². The molecule has 2 aliphatic rings. The lowest BCUT2D eigenvalue weighted by atomic mass is 10.1. The lowest BCUT2D eigenvalue weighted by Gasteiger charge is -2.34. The molecule has 1 atom stereocenters. The highest BCUT2D eigenvalue weighted by Gasteiger charge is 2.32. The number of halogens is 1. The summed E-state index contributed by atoms with van der Waals surface area (Å²) in [7, 11) is 0. The molecule has 2 aromatic carbocycles. The largest absolute Gasteiger partial charge is 0.365 e. The van der Waals surface area contributed by atoms with Crippen molar-refractivity contribution >= 4 is 11.8 Å². The van der Waals surface area contributed by atoms with E-state index < -0.39 is 0 Å². The predicted molar refractivity (Wildman–Crippen MR) is 117 cm³/mol. The molecule has 3 aromatic rings. The molecule has 1 fully saturated rings. The third kappa shape index (κ3) is 4.49. The molecule has 1 saturated heterocycles. The standard InChI is InChI=1S/C24H24FN5O3/c25-19-8-6-17(7-9-19)14-22(31)28-10-12-29(13-11-28)24(32)23-20-16-33-21(15-30(20)27-26-23)18-4-2-1-3-5-18/h1-9,21H,10-16H2. The van der Waals surface area contributed by atoms with E-state index in [9.17, 15) is 14.0 Å². The fourth-order valence-electron chi connectivity index (χ4n) is 4.24. The summed E-state index contributed by atoms with van der Waals surface area (Å²) in [5, 5.41) is 8.34. The number of carbonyl (C=O) groups excluding carboxylic acids is 2. The highest BCUT2D eigenvalue weighted by Crippen LogP contribution is 2.27. The van der Waals surface area contributed by atoms with Crippen LogP contribution in [-0.2, 0) is 29.1 Å². The molecule has 1 aromatic heterocycles. The van der Waals surface area contributed by atoms with Gasteiger partial charge in [0.2, 0.25) is 5.91 Å². The number of hydrogen-bond donors (Lipinski definition) is 0. The first-order valence-corrected chi connectivity index (χ1v) is 11.0. The molecule has 0 aliphatic carbocycles. The van der Waals surface area contributed by atoms with Crippen LogP contribution < -0.4 is 0 Å². The molecule has 9 heteroatoms. The van der Waals surface area contributed by atoms with Gasteiger partial charge in [0.1, 0.15) is 11.9 Å². The highest BCUT2D eigenvalue weighted by atomic mass is 19.1. The van der Waals surface area contributed by atoms with Crippen LogP contribution in [0.3, 0.4) is 0 Å². The van der Waals surface area contributed by atoms with E-state index in [0.717, 1.165) is 11.1 Å². The first kappa shape index (κ1) is 21.3. The number of hydrogen-bond acceptors (Lipinski definition) is 5. The van der Waals surface area contributed by atoms with E-state index in [0.29, 0.717) is 44.1 Å². The van der Waals surface area contributed by atoms with Gasteiger partial charge >= 0.3 is 0 Å². The number of nitrogens with zero attached hydrogens (tertiary/aromatic N) is 5. The number of carbonyl (C=O) groups is 2.